The highest BCUT2D eigenvalue weighted by Crippen LogP contribution is 2.47. The zero-order chi connectivity index (χ0) is 17.7. The number of nitrogens with zero attached hydrogens (tertiary/aromatic N) is 1. The average Bonchev–Trinajstić information content (AvgIpc) is 3.04. The molecule has 2 aromatic rings. The minimum absolute atomic E-state index is 0.120. The molecule has 2 aliphatic carbocycles. The van der Waals surface area contributed by atoms with E-state index in [1.54, 1.807) is 0 Å². The summed E-state index contributed by atoms with van der Waals surface area (Å²) in [5.74, 6) is -0.377. The molecular formula is C21H24N2O3. The summed E-state index contributed by atoms with van der Waals surface area (Å²) >= 11 is 0. The zero-order valence-corrected chi connectivity index (χ0v) is 14.9. The van der Waals surface area contributed by atoms with E-state index in [1.807, 2.05) is 11.1 Å². The van der Waals surface area contributed by atoms with Gasteiger partial charge in [0.2, 0.25) is 5.91 Å². The molecule has 1 amide bonds. The van der Waals surface area contributed by atoms with Crippen LogP contribution in [0.3, 0.4) is 0 Å². The summed E-state index contributed by atoms with van der Waals surface area (Å²) < 4.78 is 5.70. The van der Waals surface area contributed by atoms with Crippen LogP contribution in [0.15, 0.2) is 30.5 Å². The molecule has 2 saturated carbocycles. The van der Waals surface area contributed by atoms with E-state index in [-0.39, 0.29) is 24.2 Å². The summed E-state index contributed by atoms with van der Waals surface area (Å²) in [6.07, 6.45) is 8.07. The molecule has 2 heterocycles. The van der Waals surface area contributed by atoms with Gasteiger partial charge in [0.1, 0.15) is 5.60 Å². The number of esters is 1. The Hall–Kier alpha value is -2.30. The normalized spacial score (nSPS) is 24.3. The van der Waals surface area contributed by atoms with Gasteiger partial charge in [-0.2, -0.15) is 0 Å². The van der Waals surface area contributed by atoms with Gasteiger partial charge in [-0.25, -0.2) is 0 Å². The average molecular weight is 352 g/mol. The van der Waals surface area contributed by atoms with Gasteiger partial charge in [-0.3, -0.25) is 9.59 Å². The van der Waals surface area contributed by atoms with Crippen LogP contribution in [0.1, 0.15) is 50.5 Å². The molecule has 1 saturated heterocycles. The van der Waals surface area contributed by atoms with Crippen LogP contribution in [-0.2, 0) is 20.9 Å². The van der Waals surface area contributed by atoms with Crippen molar-refractivity contribution in [2.45, 2.75) is 63.1 Å². The number of hydrogen-bond acceptors (Lipinski definition) is 3. The summed E-state index contributed by atoms with van der Waals surface area (Å²) in [6.45, 7) is 0.616. The molecule has 1 aliphatic heterocycles. The monoisotopic (exact) mass is 352 g/mol. The maximum Gasteiger partial charge on any atom is 0.307 e. The van der Waals surface area contributed by atoms with E-state index in [4.69, 9.17) is 4.74 Å². The topological polar surface area (TPSA) is 62.4 Å². The molecule has 26 heavy (non-hydrogen) atoms. The number of aromatic nitrogens is 1. The van der Waals surface area contributed by atoms with E-state index in [0.717, 1.165) is 55.0 Å². The van der Waals surface area contributed by atoms with E-state index in [0.29, 0.717) is 12.6 Å². The van der Waals surface area contributed by atoms with Gasteiger partial charge in [0, 0.05) is 24.3 Å². The first-order chi connectivity index (χ1) is 12.6. The van der Waals surface area contributed by atoms with E-state index < -0.39 is 5.60 Å². The number of amides is 1. The number of aromatic amines is 1. The van der Waals surface area contributed by atoms with Crippen molar-refractivity contribution < 1.29 is 14.3 Å². The van der Waals surface area contributed by atoms with Crippen molar-refractivity contribution in [2.24, 2.45) is 5.92 Å². The molecule has 1 aromatic carbocycles. The van der Waals surface area contributed by atoms with Crippen LogP contribution in [0.4, 0.5) is 0 Å². The Kier molecular flexibility index (Phi) is 3.59. The number of fused-ring (bicyclic) bond motifs is 1. The van der Waals surface area contributed by atoms with Gasteiger partial charge in [0.15, 0.2) is 0 Å². The fraction of sp³-hybridized carbons (Fsp3) is 0.524. The zero-order valence-electron chi connectivity index (χ0n) is 14.9. The van der Waals surface area contributed by atoms with Gasteiger partial charge in [0.05, 0.1) is 12.3 Å². The van der Waals surface area contributed by atoms with Gasteiger partial charge in [0.25, 0.3) is 0 Å². The number of benzene rings is 1. The lowest BCUT2D eigenvalue weighted by molar-refractivity contribution is -0.152. The molecule has 1 aromatic heterocycles. The lowest BCUT2D eigenvalue weighted by Gasteiger charge is -2.33. The summed E-state index contributed by atoms with van der Waals surface area (Å²) in [4.78, 5) is 30.7. The van der Waals surface area contributed by atoms with Crippen molar-refractivity contribution in [1.29, 1.82) is 0 Å². The van der Waals surface area contributed by atoms with Gasteiger partial charge in [-0.1, -0.05) is 6.07 Å². The molecule has 1 unspecified atom stereocenters. The van der Waals surface area contributed by atoms with Crippen LogP contribution in [0.2, 0.25) is 0 Å². The second kappa shape index (κ2) is 5.86. The second-order valence-corrected chi connectivity index (χ2v) is 8.10. The lowest BCUT2D eigenvalue weighted by atomic mass is 9.84. The molecule has 1 spiro atoms. The molecule has 5 heteroatoms. The number of hydrogen-bond donors (Lipinski definition) is 1. The fourth-order valence-electron chi connectivity index (χ4n) is 4.80. The van der Waals surface area contributed by atoms with Crippen LogP contribution in [0.25, 0.3) is 10.9 Å². The summed E-state index contributed by atoms with van der Waals surface area (Å²) in [5, 5.41) is 1.16. The van der Waals surface area contributed by atoms with E-state index in [2.05, 4.69) is 29.2 Å². The number of H-pyrrole nitrogens is 1. The number of rotatable bonds is 4. The van der Waals surface area contributed by atoms with Crippen molar-refractivity contribution in [3.63, 3.8) is 0 Å². The summed E-state index contributed by atoms with van der Waals surface area (Å²) in [6, 6.07) is 8.68. The number of carbonyl (C=O) groups excluding carboxylic acids is 2. The van der Waals surface area contributed by atoms with Crippen LogP contribution >= 0.6 is 0 Å². The Morgan fingerprint density at radius 1 is 1.23 bits per heavy atom. The van der Waals surface area contributed by atoms with Crippen molar-refractivity contribution >= 4 is 22.8 Å². The number of carbonyl (C=O) groups is 2. The highest BCUT2D eigenvalue weighted by molar-refractivity contribution is 5.88. The molecule has 136 valence electrons. The second-order valence-electron chi connectivity index (χ2n) is 8.10. The molecule has 3 aliphatic rings. The van der Waals surface area contributed by atoms with Crippen LogP contribution < -0.4 is 0 Å². The van der Waals surface area contributed by atoms with Crippen molar-refractivity contribution in [2.75, 3.05) is 0 Å². The lowest BCUT2D eigenvalue weighted by Crippen LogP contribution is -2.45. The first-order valence-electron chi connectivity index (χ1n) is 9.73. The van der Waals surface area contributed by atoms with E-state index >= 15 is 0 Å². The molecule has 3 fully saturated rings. The largest absolute Gasteiger partial charge is 0.458 e. The van der Waals surface area contributed by atoms with E-state index in [1.165, 1.54) is 0 Å². The predicted molar refractivity (Wildman–Crippen MR) is 97.3 cm³/mol. The van der Waals surface area contributed by atoms with Crippen molar-refractivity contribution in [3.05, 3.63) is 36.0 Å². The quantitative estimate of drug-likeness (QED) is 0.856. The first kappa shape index (κ1) is 15.9. The molecule has 5 rings (SSSR count). The van der Waals surface area contributed by atoms with Crippen molar-refractivity contribution in [1.82, 2.24) is 9.88 Å². The molecule has 1 atom stereocenters. The Morgan fingerprint density at radius 3 is 2.81 bits per heavy atom. The molecule has 5 nitrogen and oxygen atoms in total. The van der Waals surface area contributed by atoms with Crippen LogP contribution in [0, 0.1) is 5.92 Å². The van der Waals surface area contributed by atoms with E-state index in [9.17, 15) is 9.59 Å². The first-order valence-corrected chi connectivity index (χ1v) is 9.73. The van der Waals surface area contributed by atoms with Gasteiger partial charge in [-0.05, 0) is 67.7 Å². The SMILES string of the molecule is O=C1CC(C(=O)N(Cc2ccc3[nH]ccc3c2)C2CC2)C2(CCCC2)O1. The standard InChI is InChI=1S/C21H24N2O3/c24-19-12-17(21(26-19)8-1-2-9-21)20(25)23(16-4-5-16)13-14-3-6-18-15(11-14)7-10-22-18/h3,6-7,10-11,16-17,22H,1-2,4-5,8-9,12-13H2. The third-order valence-corrected chi connectivity index (χ3v) is 6.31. The molecule has 0 bridgehead atoms. The van der Waals surface area contributed by atoms with Crippen LogP contribution in [-0.4, -0.2) is 33.4 Å². The minimum Gasteiger partial charge on any atom is -0.458 e. The fourth-order valence-corrected chi connectivity index (χ4v) is 4.80. The maximum atomic E-state index is 13.4. The van der Waals surface area contributed by atoms with Crippen molar-refractivity contribution in [3.8, 4) is 0 Å². The van der Waals surface area contributed by atoms with Gasteiger partial charge in [-0.15, -0.1) is 0 Å². The Labute approximate surface area is 152 Å². The summed E-state index contributed by atoms with van der Waals surface area (Å²) in [7, 11) is 0. The van der Waals surface area contributed by atoms with Gasteiger partial charge < -0.3 is 14.6 Å². The third-order valence-electron chi connectivity index (χ3n) is 6.31. The Bertz CT molecular complexity index is 861. The van der Waals surface area contributed by atoms with Crippen LogP contribution in [0.5, 0.6) is 0 Å². The highest BCUT2D eigenvalue weighted by Gasteiger charge is 2.55. The predicted octanol–water partition coefficient (Wildman–Crippen LogP) is 3.53. The summed E-state index contributed by atoms with van der Waals surface area (Å²) in [5.41, 5.74) is 1.73. The third kappa shape index (κ3) is 2.61. The number of ether oxygens (including phenoxy) is 1. The maximum absolute atomic E-state index is 13.4. The number of nitrogens with one attached hydrogen (secondary N) is 1. The highest BCUT2D eigenvalue weighted by atomic mass is 16.6. The molecule has 1 N–H and O–H groups in total. The minimum atomic E-state index is -0.522. The molecular weight excluding hydrogens is 328 g/mol. The molecule has 0 radical (unpaired) electrons. The van der Waals surface area contributed by atoms with Gasteiger partial charge >= 0.3 is 5.97 Å². The Morgan fingerprint density at radius 2 is 2.04 bits per heavy atom. The Balaban J connectivity index is 1.41. The smallest absolute Gasteiger partial charge is 0.307 e.